The van der Waals surface area contributed by atoms with Gasteiger partial charge in [-0.05, 0) is 36.0 Å². The number of hydrogen-bond acceptors (Lipinski definition) is 6. The van der Waals surface area contributed by atoms with E-state index in [0.29, 0.717) is 17.4 Å². The summed E-state index contributed by atoms with van der Waals surface area (Å²) in [5.74, 6) is -1.74. The Labute approximate surface area is 206 Å². The Morgan fingerprint density at radius 1 is 1.09 bits per heavy atom. The number of nitriles is 1. The third-order valence-electron chi connectivity index (χ3n) is 5.11. The van der Waals surface area contributed by atoms with Crippen LogP contribution in [0.1, 0.15) is 24.8 Å². The molecule has 0 aromatic heterocycles. The molecule has 2 aromatic carbocycles. The monoisotopic (exact) mass is 494 g/mol. The molecule has 2 aromatic rings. The summed E-state index contributed by atoms with van der Waals surface area (Å²) in [6.07, 6.45) is 1.36. The average molecular weight is 495 g/mol. The summed E-state index contributed by atoms with van der Waals surface area (Å²) in [6, 6.07) is 16.8. The van der Waals surface area contributed by atoms with E-state index in [2.05, 4.69) is 5.32 Å². The number of nitrogens with one attached hydrogen (secondary N) is 1. The van der Waals surface area contributed by atoms with Crippen LogP contribution in [0.25, 0.3) is 6.08 Å². The number of imide groups is 1. The fraction of sp³-hybridized carbons (Fsp3) is 0.240. The summed E-state index contributed by atoms with van der Waals surface area (Å²) in [5, 5.41) is 11.0. The lowest BCUT2D eigenvalue weighted by Gasteiger charge is -2.21. The van der Waals surface area contributed by atoms with Gasteiger partial charge in [0, 0.05) is 43.7 Å². The molecule has 0 unspecified atom stereocenters. The molecule has 0 atom stereocenters. The van der Waals surface area contributed by atoms with Gasteiger partial charge in [-0.2, -0.15) is 5.26 Å². The molecule has 4 amide bonds. The highest BCUT2D eigenvalue weighted by atomic mass is 32.2. The Balaban J connectivity index is 1.48. The van der Waals surface area contributed by atoms with Crippen LogP contribution >= 0.6 is 11.8 Å². The topological polar surface area (TPSA) is 111 Å². The molecule has 35 heavy (non-hydrogen) atoms. The van der Waals surface area contributed by atoms with Crippen molar-refractivity contribution in [3.05, 3.63) is 70.9 Å². The van der Waals surface area contributed by atoms with E-state index in [0.717, 1.165) is 4.90 Å². The van der Waals surface area contributed by atoms with Crippen molar-refractivity contribution >= 4 is 46.5 Å². The number of thioether (sulfide) groups is 1. The first-order valence-electron chi connectivity index (χ1n) is 10.9. The van der Waals surface area contributed by atoms with Crippen LogP contribution in [0, 0.1) is 17.1 Å². The summed E-state index contributed by atoms with van der Waals surface area (Å²) in [7, 11) is 0. The van der Waals surface area contributed by atoms with Gasteiger partial charge < -0.3 is 10.2 Å². The van der Waals surface area contributed by atoms with E-state index >= 15 is 0 Å². The molecule has 0 spiro atoms. The predicted molar refractivity (Wildman–Crippen MR) is 130 cm³/mol. The highest BCUT2D eigenvalue weighted by molar-refractivity contribution is 8.18. The van der Waals surface area contributed by atoms with E-state index in [1.54, 1.807) is 30.3 Å². The molecule has 0 saturated carbocycles. The van der Waals surface area contributed by atoms with E-state index in [1.807, 2.05) is 12.1 Å². The number of amides is 4. The predicted octanol–water partition coefficient (Wildman–Crippen LogP) is 3.71. The highest BCUT2D eigenvalue weighted by Crippen LogP contribution is 2.32. The second-order valence-corrected chi connectivity index (χ2v) is 8.49. The van der Waals surface area contributed by atoms with Crippen LogP contribution in [0.15, 0.2) is 59.5 Å². The first kappa shape index (κ1) is 25.6. The minimum absolute atomic E-state index is 0.0227. The lowest BCUT2D eigenvalue weighted by molar-refractivity contribution is -0.125. The van der Waals surface area contributed by atoms with E-state index < -0.39 is 22.9 Å². The fourth-order valence-corrected chi connectivity index (χ4v) is 4.20. The maximum Gasteiger partial charge on any atom is 0.293 e. The minimum atomic E-state index is -0.552. The molecule has 8 nitrogen and oxygen atoms in total. The van der Waals surface area contributed by atoms with Crippen molar-refractivity contribution in [2.75, 3.05) is 24.5 Å². The molecule has 1 fully saturated rings. The maximum atomic E-state index is 13.8. The molecule has 10 heteroatoms. The van der Waals surface area contributed by atoms with E-state index in [4.69, 9.17) is 5.26 Å². The van der Waals surface area contributed by atoms with Gasteiger partial charge in [0.05, 0.1) is 17.4 Å². The second-order valence-electron chi connectivity index (χ2n) is 7.49. The first-order valence-corrected chi connectivity index (χ1v) is 11.7. The molecular formula is C25H23FN4O4S. The van der Waals surface area contributed by atoms with Gasteiger partial charge in [-0.25, -0.2) is 4.39 Å². The van der Waals surface area contributed by atoms with Crippen molar-refractivity contribution in [2.45, 2.75) is 19.3 Å². The third kappa shape index (κ3) is 7.01. The van der Waals surface area contributed by atoms with Gasteiger partial charge in [-0.15, -0.1) is 0 Å². The molecule has 1 N–H and O–H groups in total. The highest BCUT2D eigenvalue weighted by Gasteiger charge is 2.34. The summed E-state index contributed by atoms with van der Waals surface area (Å²) in [4.78, 5) is 52.2. The Morgan fingerprint density at radius 2 is 1.80 bits per heavy atom. The summed E-state index contributed by atoms with van der Waals surface area (Å²) >= 11 is 0.712. The molecular weight excluding hydrogens is 471 g/mol. The van der Waals surface area contributed by atoms with E-state index in [-0.39, 0.29) is 55.3 Å². The lowest BCUT2D eigenvalue weighted by Crippen LogP contribution is -2.38. The van der Waals surface area contributed by atoms with E-state index in [1.165, 1.54) is 29.2 Å². The number of para-hydroxylation sites is 1. The van der Waals surface area contributed by atoms with Crippen molar-refractivity contribution in [3.8, 4) is 6.07 Å². The number of anilines is 1. The standard InChI is InChI=1S/C25H23FN4O4S/c26-20-10-5-4-7-18(20)17-21-24(33)30(25(34)35-21)16-14-28-22(31)11-12-23(32)29(15-6-13-27)19-8-2-1-3-9-19/h1-5,7-10,17H,6,11-12,14-16H2,(H,28,31)/b21-17-. The number of halogens is 1. The molecule has 1 aliphatic heterocycles. The number of nitrogens with zero attached hydrogens (tertiary/aromatic N) is 3. The summed E-state index contributed by atoms with van der Waals surface area (Å²) in [6.45, 7) is 0.201. The van der Waals surface area contributed by atoms with Crippen LogP contribution in [-0.2, 0) is 14.4 Å². The minimum Gasteiger partial charge on any atom is -0.354 e. The molecule has 0 radical (unpaired) electrons. The van der Waals surface area contributed by atoms with Crippen molar-refractivity contribution in [2.24, 2.45) is 0 Å². The van der Waals surface area contributed by atoms with Gasteiger partial charge >= 0.3 is 0 Å². The molecule has 180 valence electrons. The van der Waals surface area contributed by atoms with Crippen LogP contribution in [0.4, 0.5) is 14.9 Å². The van der Waals surface area contributed by atoms with Crippen molar-refractivity contribution in [1.82, 2.24) is 10.2 Å². The maximum absolute atomic E-state index is 13.8. The molecule has 1 aliphatic rings. The second kappa shape index (κ2) is 12.5. The molecule has 1 heterocycles. The zero-order chi connectivity index (χ0) is 25.2. The van der Waals surface area contributed by atoms with Gasteiger partial charge in [0.1, 0.15) is 5.82 Å². The lowest BCUT2D eigenvalue weighted by atomic mass is 10.2. The fourth-order valence-electron chi connectivity index (χ4n) is 3.34. The Morgan fingerprint density at radius 3 is 2.51 bits per heavy atom. The SMILES string of the molecule is N#CCCN(C(=O)CCC(=O)NCCN1C(=O)S/C(=C\c2ccccc2F)C1=O)c1ccccc1. The Bertz CT molecular complexity index is 1180. The number of carbonyl (C=O) groups is 4. The molecule has 0 aliphatic carbocycles. The number of carbonyl (C=O) groups excluding carboxylic acids is 4. The third-order valence-corrected chi connectivity index (χ3v) is 6.01. The first-order chi connectivity index (χ1) is 16.9. The largest absolute Gasteiger partial charge is 0.354 e. The average Bonchev–Trinajstić information content (AvgIpc) is 3.12. The van der Waals surface area contributed by atoms with Gasteiger partial charge in [0.15, 0.2) is 0 Å². The number of benzene rings is 2. The summed E-state index contributed by atoms with van der Waals surface area (Å²) in [5.41, 5.74) is 0.853. The summed E-state index contributed by atoms with van der Waals surface area (Å²) < 4.78 is 13.8. The number of rotatable bonds is 10. The van der Waals surface area contributed by atoms with Crippen LogP contribution < -0.4 is 10.2 Å². The normalized spacial score (nSPS) is 14.2. The Hall–Kier alpha value is -3.97. The van der Waals surface area contributed by atoms with Gasteiger partial charge in [-0.1, -0.05) is 36.4 Å². The van der Waals surface area contributed by atoms with Crippen molar-refractivity contribution in [3.63, 3.8) is 0 Å². The van der Waals surface area contributed by atoms with Gasteiger partial charge in [-0.3, -0.25) is 24.1 Å². The zero-order valence-electron chi connectivity index (χ0n) is 18.8. The van der Waals surface area contributed by atoms with Crippen molar-refractivity contribution < 1.29 is 23.6 Å². The van der Waals surface area contributed by atoms with Crippen LogP contribution in [0.5, 0.6) is 0 Å². The van der Waals surface area contributed by atoms with Crippen LogP contribution in [0.2, 0.25) is 0 Å². The Kier molecular flexibility index (Phi) is 9.15. The van der Waals surface area contributed by atoms with E-state index in [9.17, 15) is 23.6 Å². The van der Waals surface area contributed by atoms with Gasteiger partial charge in [0.25, 0.3) is 11.1 Å². The zero-order valence-corrected chi connectivity index (χ0v) is 19.6. The number of hydrogen-bond donors (Lipinski definition) is 1. The van der Waals surface area contributed by atoms with Gasteiger partial charge in [0.2, 0.25) is 11.8 Å². The van der Waals surface area contributed by atoms with Crippen LogP contribution in [0.3, 0.4) is 0 Å². The van der Waals surface area contributed by atoms with Crippen molar-refractivity contribution in [1.29, 1.82) is 5.26 Å². The molecule has 0 bridgehead atoms. The quantitative estimate of drug-likeness (QED) is 0.504. The smallest absolute Gasteiger partial charge is 0.293 e. The molecule has 1 saturated heterocycles. The van der Waals surface area contributed by atoms with Crippen LogP contribution in [-0.4, -0.2) is 47.5 Å². The molecule has 3 rings (SSSR count).